The SMILES string of the molecule is CC(C)(C)OC(=O)c1c[nH]c2ccc(Cl)c(S(=O)(=O)Cl)c12. The Bertz CT molecular complexity index is 819. The van der Waals surface area contributed by atoms with Crippen molar-refractivity contribution in [1.82, 2.24) is 4.98 Å². The first-order chi connectivity index (χ1) is 9.50. The van der Waals surface area contributed by atoms with E-state index in [4.69, 9.17) is 27.0 Å². The van der Waals surface area contributed by atoms with Crippen molar-refractivity contribution in [3.8, 4) is 0 Å². The van der Waals surface area contributed by atoms with E-state index >= 15 is 0 Å². The van der Waals surface area contributed by atoms with Crippen LogP contribution in [0.2, 0.25) is 5.02 Å². The molecule has 0 aliphatic rings. The summed E-state index contributed by atoms with van der Waals surface area (Å²) >= 11 is 5.92. The first-order valence-corrected chi connectivity index (χ1v) is 8.67. The molecule has 1 aromatic carbocycles. The monoisotopic (exact) mass is 349 g/mol. The largest absolute Gasteiger partial charge is 0.456 e. The number of esters is 1. The number of H-pyrrole nitrogens is 1. The molecule has 0 bridgehead atoms. The number of nitrogens with one attached hydrogen (secondary N) is 1. The van der Waals surface area contributed by atoms with Crippen LogP contribution < -0.4 is 0 Å². The second-order valence-electron chi connectivity index (χ2n) is 5.44. The van der Waals surface area contributed by atoms with Crippen molar-refractivity contribution in [3.05, 3.63) is 28.9 Å². The van der Waals surface area contributed by atoms with Gasteiger partial charge in [-0.3, -0.25) is 0 Å². The summed E-state index contributed by atoms with van der Waals surface area (Å²) in [7, 11) is 1.31. The summed E-state index contributed by atoms with van der Waals surface area (Å²) in [6, 6.07) is 2.96. The Hall–Kier alpha value is -1.24. The molecule has 0 unspecified atom stereocenters. The summed E-state index contributed by atoms with van der Waals surface area (Å²) in [5, 5.41) is 0.0775. The Balaban J connectivity index is 2.73. The molecule has 0 atom stereocenters. The molecule has 0 aliphatic carbocycles. The van der Waals surface area contributed by atoms with Gasteiger partial charge < -0.3 is 9.72 Å². The van der Waals surface area contributed by atoms with Gasteiger partial charge in [0, 0.05) is 27.8 Å². The number of hydrogen-bond donors (Lipinski definition) is 1. The lowest BCUT2D eigenvalue weighted by Crippen LogP contribution is -2.23. The maximum atomic E-state index is 12.2. The number of aromatic nitrogens is 1. The minimum atomic E-state index is -4.12. The van der Waals surface area contributed by atoms with Gasteiger partial charge >= 0.3 is 5.97 Å². The molecule has 1 aromatic heterocycles. The molecule has 8 heteroatoms. The fraction of sp³-hybridized carbons (Fsp3) is 0.308. The van der Waals surface area contributed by atoms with E-state index in [0.717, 1.165) is 0 Å². The molecule has 1 heterocycles. The highest BCUT2D eigenvalue weighted by Gasteiger charge is 2.27. The van der Waals surface area contributed by atoms with Crippen molar-refractivity contribution in [1.29, 1.82) is 0 Å². The molecule has 0 aliphatic heterocycles. The van der Waals surface area contributed by atoms with Crippen molar-refractivity contribution in [2.45, 2.75) is 31.3 Å². The van der Waals surface area contributed by atoms with E-state index in [9.17, 15) is 13.2 Å². The van der Waals surface area contributed by atoms with E-state index in [1.807, 2.05) is 0 Å². The lowest BCUT2D eigenvalue weighted by molar-refractivity contribution is 0.00718. The zero-order valence-corrected chi connectivity index (χ0v) is 13.9. The van der Waals surface area contributed by atoms with Gasteiger partial charge in [0.25, 0.3) is 9.05 Å². The molecule has 2 aromatic rings. The van der Waals surface area contributed by atoms with E-state index < -0.39 is 20.6 Å². The number of fused-ring (bicyclic) bond motifs is 1. The number of aromatic amines is 1. The zero-order valence-electron chi connectivity index (χ0n) is 11.5. The van der Waals surface area contributed by atoms with Crippen molar-refractivity contribution >= 4 is 48.2 Å². The molecule has 1 N–H and O–H groups in total. The van der Waals surface area contributed by atoms with Crippen LogP contribution in [0.1, 0.15) is 31.1 Å². The topological polar surface area (TPSA) is 76.2 Å². The Morgan fingerprint density at radius 1 is 1.29 bits per heavy atom. The van der Waals surface area contributed by atoms with E-state index in [-0.39, 0.29) is 20.9 Å². The van der Waals surface area contributed by atoms with Gasteiger partial charge in [-0.05, 0) is 32.9 Å². The number of rotatable bonds is 2. The maximum absolute atomic E-state index is 12.2. The van der Waals surface area contributed by atoms with Gasteiger partial charge in [-0.15, -0.1) is 0 Å². The van der Waals surface area contributed by atoms with E-state index in [1.165, 1.54) is 12.3 Å². The third-order valence-corrected chi connectivity index (χ3v) is 4.42. The predicted molar refractivity (Wildman–Crippen MR) is 81.5 cm³/mol. The molecule has 0 saturated carbocycles. The fourth-order valence-electron chi connectivity index (χ4n) is 1.90. The van der Waals surface area contributed by atoms with Gasteiger partial charge in [0.1, 0.15) is 10.5 Å². The van der Waals surface area contributed by atoms with Gasteiger partial charge in [0.05, 0.1) is 10.6 Å². The summed E-state index contributed by atoms with van der Waals surface area (Å²) in [6.07, 6.45) is 1.38. The highest BCUT2D eigenvalue weighted by atomic mass is 35.7. The summed E-state index contributed by atoms with van der Waals surface area (Å²) in [4.78, 5) is 14.7. The van der Waals surface area contributed by atoms with Crippen molar-refractivity contribution in [3.63, 3.8) is 0 Å². The Morgan fingerprint density at radius 2 is 1.90 bits per heavy atom. The van der Waals surface area contributed by atoms with Crippen LogP contribution in [0.4, 0.5) is 0 Å². The number of hydrogen-bond acceptors (Lipinski definition) is 4. The quantitative estimate of drug-likeness (QED) is 0.662. The third-order valence-electron chi connectivity index (χ3n) is 2.61. The van der Waals surface area contributed by atoms with Crippen molar-refractivity contribution in [2.24, 2.45) is 0 Å². The average molecular weight is 350 g/mol. The molecule has 0 saturated heterocycles. The van der Waals surface area contributed by atoms with E-state index in [0.29, 0.717) is 5.52 Å². The number of halogens is 2. The van der Waals surface area contributed by atoms with E-state index in [2.05, 4.69) is 4.98 Å². The number of benzene rings is 1. The first-order valence-electron chi connectivity index (χ1n) is 5.98. The summed E-state index contributed by atoms with van der Waals surface area (Å²) in [6.45, 7) is 5.14. The van der Waals surface area contributed by atoms with Crippen LogP contribution in [0.5, 0.6) is 0 Å². The Labute approximate surface area is 131 Å². The summed E-state index contributed by atoms with van der Waals surface area (Å²) < 4.78 is 28.7. The van der Waals surface area contributed by atoms with Crippen LogP contribution in [-0.2, 0) is 13.8 Å². The highest BCUT2D eigenvalue weighted by Crippen LogP contribution is 2.35. The van der Waals surface area contributed by atoms with Crippen LogP contribution in [0.3, 0.4) is 0 Å². The third kappa shape index (κ3) is 3.33. The molecule has 0 fully saturated rings. The number of ether oxygens (including phenoxy) is 1. The van der Waals surface area contributed by atoms with Gasteiger partial charge in [-0.25, -0.2) is 13.2 Å². The Morgan fingerprint density at radius 3 is 2.43 bits per heavy atom. The van der Waals surface area contributed by atoms with Crippen molar-refractivity contribution in [2.75, 3.05) is 0 Å². The Kier molecular flexibility index (Phi) is 3.99. The average Bonchev–Trinajstić information content (AvgIpc) is 2.67. The van der Waals surface area contributed by atoms with Gasteiger partial charge in [-0.2, -0.15) is 0 Å². The minimum Gasteiger partial charge on any atom is -0.456 e. The smallest absolute Gasteiger partial charge is 0.340 e. The van der Waals surface area contributed by atoms with Crippen LogP contribution in [0.15, 0.2) is 23.2 Å². The first kappa shape index (κ1) is 16.1. The van der Waals surface area contributed by atoms with Crippen LogP contribution in [0, 0.1) is 0 Å². The molecule has 0 amide bonds. The number of carbonyl (C=O) groups is 1. The van der Waals surface area contributed by atoms with Crippen LogP contribution in [0.25, 0.3) is 10.9 Å². The second kappa shape index (κ2) is 5.19. The molecule has 0 radical (unpaired) electrons. The predicted octanol–water partition coefficient (Wildman–Crippen LogP) is 3.70. The molecule has 2 rings (SSSR count). The molecule has 114 valence electrons. The maximum Gasteiger partial charge on any atom is 0.340 e. The van der Waals surface area contributed by atoms with Crippen LogP contribution >= 0.6 is 22.3 Å². The van der Waals surface area contributed by atoms with Gasteiger partial charge in [-0.1, -0.05) is 11.6 Å². The lowest BCUT2D eigenvalue weighted by atomic mass is 10.1. The second-order valence-corrected chi connectivity index (χ2v) is 8.35. The van der Waals surface area contributed by atoms with Crippen LogP contribution in [-0.4, -0.2) is 25.0 Å². The molecule has 21 heavy (non-hydrogen) atoms. The molecule has 0 spiro atoms. The molecular weight excluding hydrogens is 337 g/mol. The standard InChI is InChI=1S/C13H13Cl2NO4S/c1-13(2,3)20-12(17)7-6-16-9-5-4-8(14)11(10(7)9)21(15,18)19/h4-6,16H,1-3H3. The lowest BCUT2D eigenvalue weighted by Gasteiger charge is -2.19. The molecular formula is C13H13Cl2NO4S. The van der Waals surface area contributed by atoms with Crippen molar-refractivity contribution < 1.29 is 17.9 Å². The van der Waals surface area contributed by atoms with Gasteiger partial charge in [0.15, 0.2) is 0 Å². The number of carbonyl (C=O) groups excluding carboxylic acids is 1. The molecule has 5 nitrogen and oxygen atoms in total. The summed E-state index contributed by atoms with van der Waals surface area (Å²) in [5.41, 5.74) is -0.208. The zero-order chi connectivity index (χ0) is 16.0. The summed E-state index contributed by atoms with van der Waals surface area (Å²) in [5.74, 6) is -0.655. The van der Waals surface area contributed by atoms with Gasteiger partial charge in [0.2, 0.25) is 0 Å². The fourth-order valence-corrected chi connectivity index (χ4v) is 3.73. The normalized spacial score (nSPS) is 12.6. The van der Waals surface area contributed by atoms with E-state index in [1.54, 1.807) is 26.8 Å². The highest BCUT2D eigenvalue weighted by molar-refractivity contribution is 8.14. The minimum absolute atomic E-state index is 0.0538.